The van der Waals surface area contributed by atoms with Gasteiger partial charge in [0.25, 0.3) is 0 Å². The second-order valence-electron chi connectivity index (χ2n) is 27.4. The van der Waals surface area contributed by atoms with Crippen LogP contribution >= 0.6 is 7.82 Å². The van der Waals surface area contributed by atoms with Crippen molar-refractivity contribution in [2.45, 2.75) is 380 Å². The van der Waals surface area contributed by atoms with Crippen molar-refractivity contribution in [1.29, 1.82) is 0 Å². The van der Waals surface area contributed by atoms with Crippen molar-refractivity contribution < 1.29 is 42.1 Å². The molecule has 0 fully saturated rings. The lowest BCUT2D eigenvalue weighted by molar-refractivity contribution is -0.870. The Balaban J connectivity index is 3.95. The molecule has 0 radical (unpaired) electrons. The lowest BCUT2D eigenvalue weighted by Gasteiger charge is -2.24. The van der Waals surface area contributed by atoms with Crippen molar-refractivity contribution >= 4 is 19.8 Å². The van der Waals surface area contributed by atoms with Crippen LogP contribution in [0, 0.1) is 0 Å². The van der Waals surface area contributed by atoms with E-state index in [9.17, 15) is 19.0 Å². The normalized spacial score (nSPS) is 13.4. The first-order valence-electron chi connectivity index (χ1n) is 38.7. The van der Waals surface area contributed by atoms with Gasteiger partial charge >= 0.3 is 19.8 Å². The van der Waals surface area contributed by atoms with Crippen LogP contribution < -0.4 is 0 Å². The predicted octanol–water partition coefficient (Wildman–Crippen LogP) is 25.5. The maximum atomic E-state index is 12.9. The van der Waals surface area contributed by atoms with Crippen LogP contribution in [0.25, 0.3) is 0 Å². The molecule has 0 aromatic rings. The minimum Gasteiger partial charge on any atom is -0.462 e. The second kappa shape index (κ2) is 70.8. The molecule has 90 heavy (non-hydrogen) atoms. The number of phosphoric acid groups is 1. The first-order chi connectivity index (χ1) is 44.0. The molecule has 0 rings (SSSR count). The fourth-order valence-electron chi connectivity index (χ4n) is 11.3. The monoisotopic (exact) mass is 1280 g/mol. The molecule has 0 amide bonds. The fraction of sp³-hybridized carbons (Fsp3) is 0.825. The Morgan fingerprint density at radius 1 is 0.356 bits per heavy atom. The van der Waals surface area contributed by atoms with E-state index >= 15 is 0 Å². The third-order valence-corrected chi connectivity index (χ3v) is 18.2. The number of nitrogens with zero attached hydrogens (tertiary/aromatic N) is 1. The molecule has 0 aliphatic heterocycles. The molecule has 2 unspecified atom stereocenters. The maximum absolute atomic E-state index is 12.9. The van der Waals surface area contributed by atoms with Gasteiger partial charge in [0.1, 0.15) is 19.8 Å². The van der Waals surface area contributed by atoms with Crippen molar-refractivity contribution in [3.05, 3.63) is 72.9 Å². The molecule has 9 nitrogen and oxygen atoms in total. The van der Waals surface area contributed by atoms with Crippen molar-refractivity contribution in [3.63, 3.8) is 0 Å². The first kappa shape index (κ1) is 87.5. The molecule has 0 bridgehead atoms. The molecule has 1 N–H and O–H groups in total. The lowest BCUT2D eigenvalue weighted by Crippen LogP contribution is -2.37. The van der Waals surface area contributed by atoms with E-state index < -0.39 is 26.5 Å². The van der Waals surface area contributed by atoms with Crippen molar-refractivity contribution in [1.82, 2.24) is 0 Å². The number of esters is 2. The third kappa shape index (κ3) is 74.5. The SMILES string of the molecule is CC/C=C\C/C=C\C/C=C\C/C=C\C/C=C\CCCCCCCCCCCCCCCCCCCCCC(=O)OC(COC(=O)CCCCCCCCCCCCCCCCCCCCC/C=C\CCCCCCCCCC)COP(=O)(O)OCC[N+](C)(C)C. The Morgan fingerprint density at radius 3 is 0.956 bits per heavy atom. The Labute approximate surface area is 559 Å². The van der Waals surface area contributed by atoms with Gasteiger partial charge in [0.2, 0.25) is 0 Å². The van der Waals surface area contributed by atoms with Gasteiger partial charge in [-0.05, 0) is 83.5 Å². The van der Waals surface area contributed by atoms with Crippen LogP contribution in [0.1, 0.15) is 373 Å². The molecule has 10 heteroatoms. The number of allylic oxidation sites excluding steroid dienone is 12. The third-order valence-electron chi connectivity index (χ3n) is 17.2. The van der Waals surface area contributed by atoms with Gasteiger partial charge < -0.3 is 18.9 Å². The summed E-state index contributed by atoms with van der Waals surface area (Å²) in [5, 5.41) is 0. The van der Waals surface area contributed by atoms with Crippen molar-refractivity contribution in [3.8, 4) is 0 Å². The summed E-state index contributed by atoms with van der Waals surface area (Å²) in [5.41, 5.74) is 0. The van der Waals surface area contributed by atoms with Gasteiger partial charge in [-0.1, -0.05) is 350 Å². The van der Waals surface area contributed by atoms with Gasteiger partial charge in [-0.25, -0.2) is 4.57 Å². The van der Waals surface area contributed by atoms with Gasteiger partial charge in [-0.15, -0.1) is 0 Å². The van der Waals surface area contributed by atoms with E-state index in [1.165, 1.54) is 276 Å². The van der Waals surface area contributed by atoms with Crippen molar-refractivity contribution in [2.75, 3.05) is 47.5 Å². The standard InChI is InChI=1S/C80H148NO8P/c1-6-8-10-12-14-16-18-20-22-24-26-28-30-32-34-36-38-39-40-41-43-45-47-49-51-53-55-57-59-61-63-65-67-69-71-73-80(83)89-78(77-88-90(84,85)87-75-74-81(3,4)5)76-86-79(82)72-70-68-66-64-62-60-58-56-54-52-50-48-46-44-42-37-35-33-31-29-27-25-23-21-19-17-15-13-11-9-7-2/h8,10,14,16,20,22,25-28,32,34,78H,6-7,9,11-13,15,17-19,21,23-24,29-31,33,35-77H2,1-5H3/p+1/b10-8-,16-14-,22-20-,27-25-,28-26-,34-32-. The minimum absolute atomic E-state index is 0.0330. The van der Waals surface area contributed by atoms with Gasteiger partial charge in [-0.3, -0.25) is 18.6 Å². The molecule has 0 aromatic carbocycles. The molecule has 0 heterocycles. The number of unbranched alkanes of at least 4 members (excludes halogenated alkanes) is 46. The summed E-state index contributed by atoms with van der Waals surface area (Å²) in [5.74, 6) is -0.777. The van der Waals surface area contributed by atoms with Crippen LogP contribution in [-0.2, 0) is 32.7 Å². The zero-order valence-electron chi connectivity index (χ0n) is 60.1. The average molecular weight is 1280 g/mol. The van der Waals surface area contributed by atoms with Crippen LogP contribution in [0.15, 0.2) is 72.9 Å². The quantitative estimate of drug-likeness (QED) is 0.0211. The van der Waals surface area contributed by atoms with Gasteiger partial charge in [0, 0.05) is 12.8 Å². The van der Waals surface area contributed by atoms with Gasteiger partial charge in [-0.2, -0.15) is 0 Å². The molecule has 2 atom stereocenters. The smallest absolute Gasteiger partial charge is 0.462 e. The molecule has 0 aliphatic rings. The van der Waals surface area contributed by atoms with Crippen LogP contribution in [0.4, 0.5) is 0 Å². The van der Waals surface area contributed by atoms with Crippen LogP contribution in [-0.4, -0.2) is 74.9 Å². The Kier molecular flexibility index (Phi) is 68.8. The Hall–Kier alpha value is -2.55. The van der Waals surface area contributed by atoms with E-state index in [-0.39, 0.29) is 25.6 Å². The zero-order chi connectivity index (χ0) is 65.5. The Morgan fingerprint density at radius 2 is 0.633 bits per heavy atom. The molecule has 0 saturated heterocycles. The van der Waals surface area contributed by atoms with E-state index in [2.05, 4.69) is 86.8 Å². The van der Waals surface area contributed by atoms with Crippen LogP contribution in [0.2, 0.25) is 0 Å². The van der Waals surface area contributed by atoms with Gasteiger partial charge in [0.15, 0.2) is 6.10 Å². The number of ether oxygens (including phenoxy) is 2. The Bertz CT molecular complexity index is 1750. The summed E-state index contributed by atoms with van der Waals surface area (Å²) in [6.45, 7) is 4.38. The van der Waals surface area contributed by atoms with E-state index in [1.807, 2.05) is 21.1 Å². The summed E-state index contributed by atoms with van der Waals surface area (Å²) in [6.07, 6.45) is 96.1. The number of quaternary nitrogens is 1. The molecular formula is C80H149NO8P+. The van der Waals surface area contributed by atoms with E-state index in [0.29, 0.717) is 23.9 Å². The highest BCUT2D eigenvalue weighted by Crippen LogP contribution is 2.43. The van der Waals surface area contributed by atoms with E-state index in [4.69, 9.17) is 18.5 Å². The highest BCUT2D eigenvalue weighted by Gasteiger charge is 2.27. The van der Waals surface area contributed by atoms with Gasteiger partial charge in [0.05, 0.1) is 27.7 Å². The lowest BCUT2D eigenvalue weighted by atomic mass is 10.0. The molecule has 0 aromatic heterocycles. The molecule has 0 spiro atoms. The number of rotatable bonds is 72. The highest BCUT2D eigenvalue weighted by molar-refractivity contribution is 7.47. The highest BCUT2D eigenvalue weighted by atomic mass is 31.2. The van der Waals surface area contributed by atoms with E-state index in [0.717, 1.165) is 64.2 Å². The minimum atomic E-state index is -4.39. The van der Waals surface area contributed by atoms with E-state index in [1.54, 1.807) is 0 Å². The maximum Gasteiger partial charge on any atom is 0.472 e. The molecule has 0 aliphatic carbocycles. The molecular weight excluding hydrogens is 1130 g/mol. The summed E-state index contributed by atoms with van der Waals surface area (Å²) >= 11 is 0. The summed E-state index contributed by atoms with van der Waals surface area (Å²) < 4.78 is 34.8. The average Bonchev–Trinajstić information content (AvgIpc) is 3.61. The number of carbonyl (C=O) groups excluding carboxylic acids is 2. The number of phosphoric ester groups is 1. The number of likely N-dealkylation sites (N-methyl/N-ethyl adjacent to an activating group) is 1. The second-order valence-corrected chi connectivity index (χ2v) is 28.8. The first-order valence-corrected chi connectivity index (χ1v) is 40.2. The predicted molar refractivity (Wildman–Crippen MR) is 390 cm³/mol. The fourth-order valence-corrected chi connectivity index (χ4v) is 12.1. The zero-order valence-corrected chi connectivity index (χ0v) is 61.0. The van der Waals surface area contributed by atoms with Crippen molar-refractivity contribution in [2.24, 2.45) is 0 Å². The summed E-state index contributed by atoms with van der Waals surface area (Å²) in [7, 11) is 1.49. The summed E-state index contributed by atoms with van der Waals surface area (Å²) in [4.78, 5) is 36.0. The largest absolute Gasteiger partial charge is 0.472 e. The van der Waals surface area contributed by atoms with Crippen LogP contribution in [0.3, 0.4) is 0 Å². The summed E-state index contributed by atoms with van der Waals surface area (Å²) in [6, 6.07) is 0. The number of carbonyl (C=O) groups is 2. The number of hydrogen-bond acceptors (Lipinski definition) is 7. The molecule has 0 saturated carbocycles. The molecule has 526 valence electrons. The number of hydrogen-bond donors (Lipinski definition) is 1. The van der Waals surface area contributed by atoms with Crippen LogP contribution in [0.5, 0.6) is 0 Å². The topological polar surface area (TPSA) is 108 Å².